The molecule has 0 bridgehead atoms. The molecular formula is C13H22N2O5. The molecular weight excluding hydrogens is 264 g/mol. The van der Waals surface area contributed by atoms with Crippen molar-refractivity contribution in [3.8, 4) is 0 Å². The maximum atomic E-state index is 11.9. The van der Waals surface area contributed by atoms with Crippen molar-refractivity contribution < 1.29 is 24.2 Å². The van der Waals surface area contributed by atoms with Crippen molar-refractivity contribution in [3.05, 3.63) is 0 Å². The van der Waals surface area contributed by atoms with Crippen LogP contribution in [0, 0.1) is 5.92 Å². The molecule has 1 aliphatic heterocycles. The van der Waals surface area contributed by atoms with E-state index in [1.165, 1.54) is 0 Å². The summed E-state index contributed by atoms with van der Waals surface area (Å²) in [6.07, 6.45) is -1.07. The zero-order chi connectivity index (χ0) is 15.3. The molecule has 1 aliphatic rings. The van der Waals surface area contributed by atoms with Crippen LogP contribution in [0.3, 0.4) is 0 Å². The van der Waals surface area contributed by atoms with Gasteiger partial charge in [-0.2, -0.15) is 0 Å². The van der Waals surface area contributed by atoms with Crippen LogP contribution in [0.1, 0.15) is 33.6 Å². The molecule has 1 unspecified atom stereocenters. The molecule has 20 heavy (non-hydrogen) atoms. The Hall–Kier alpha value is -1.63. The van der Waals surface area contributed by atoms with E-state index in [0.717, 1.165) is 0 Å². The van der Waals surface area contributed by atoms with E-state index in [1.807, 2.05) is 13.8 Å². The van der Waals surface area contributed by atoms with Crippen LogP contribution in [0.4, 0.5) is 0 Å². The standard InChI is InChI=1S/C13H22N2O5/c1-7(2)6-14-11(16)8(3)15-12(17)9-4-5-10(20-9)13(18)19/h7-10H,4-6H2,1-3H3,(H,14,16)(H,15,17)(H,18,19)/t8?,9-,10+/m0/s1. The fourth-order valence-corrected chi connectivity index (χ4v) is 1.84. The van der Waals surface area contributed by atoms with Crippen LogP contribution < -0.4 is 10.6 Å². The number of carbonyl (C=O) groups excluding carboxylic acids is 2. The Labute approximate surface area is 118 Å². The predicted octanol–water partition coefficient (Wildman–Crippen LogP) is -0.104. The van der Waals surface area contributed by atoms with Gasteiger partial charge in [-0.25, -0.2) is 4.79 Å². The van der Waals surface area contributed by atoms with Crippen molar-refractivity contribution in [3.63, 3.8) is 0 Å². The Balaban J connectivity index is 2.38. The molecule has 0 aromatic heterocycles. The molecule has 0 radical (unpaired) electrons. The summed E-state index contributed by atoms with van der Waals surface area (Å²) in [6, 6.07) is -0.672. The van der Waals surface area contributed by atoms with Gasteiger partial charge in [-0.1, -0.05) is 13.8 Å². The zero-order valence-electron chi connectivity index (χ0n) is 12.0. The van der Waals surface area contributed by atoms with Gasteiger partial charge in [0, 0.05) is 6.54 Å². The fourth-order valence-electron chi connectivity index (χ4n) is 1.84. The lowest BCUT2D eigenvalue weighted by molar-refractivity contribution is -0.152. The maximum Gasteiger partial charge on any atom is 0.332 e. The van der Waals surface area contributed by atoms with Gasteiger partial charge in [0.25, 0.3) is 0 Å². The minimum Gasteiger partial charge on any atom is -0.479 e. The van der Waals surface area contributed by atoms with Crippen molar-refractivity contribution in [1.29, 1.82) is 0 Å². The highest BCUT2D eigenvalue weighted by molar-refractivity contribution is 5.89. The monoisotopic (exact) mass is 286 g/mol. The van der Waals surface area contributed by atoms with Gasteiger partial charge in [0.05, 0.1) is 0 Å². The van der Waals surface area contributed by atoms with Gasteiger partial charge in [0.1, 0.15) is 12.1 Å². The molecule has 0 aromatic carbocycles. The fraction of sp³-hybridized carbons (Fsp3) is 0.769. The van der Waals surface area contributed by atoms with E-state index in [9.17, 15) is 14.4 Å². The maximum absolute atomic E-state index is 11.9. The molecule has 1 heterocycles. The van der Waals surface area contributed by atoms with Gasteiger partial charge in [-0.3, -0.25) is 9.59 Å². The van der Waals surface area contributed by atoms with E-state index in [2.05, 4.69) is 10.6 Å². The topological polar surface area (TPSA) is 105 Å². The molecule has 7 heteroatoms. The van der Waals surface area contributed by atoms with Crippen molar-refractivity contribution in [1.82, 2.24) is 10.6 Å². The normalized spacial score (nSPS) is 23.4. The lowest BCUT2D eigenvalue weighted by Gasteiger charge is -2.17. The summed E-state index contributed by atoms with van der Waals surface area (Å²) in [5.41, 5.74) is 0. The predicted molar refractivity (Wildman–Crippen MR) is 71.0 cm³/mol. The molecule has 2 amide bonds. The molecule has 0 spiro atoms. The van der Waals surface area contributed by atoms with E-state index >= 15 is 0 Å². The summed E-state index contributed by atoms with van der Waals surface area (Å²) in [4.78, 5) is 34.3. The second-order valence-electron chi connectivity index (χ2n) is 5.40. The van der Waals surface area contributed by atoms with Gasteiger partial charge in [0.2, 0.25) is 11.8 Å². The molecule has 7 nitrogen and oxygen atoms in total. The van der Waals surface area contributed by atoms with Gasteiger partial charge in [-0.05, 0) is 25.7 Å². The molecule has 0 saturated carbocycles. The summed E-state index contributed by atoms with van der Waals surface area (Å²) < 4.78 is 5.12. The van der Waals surface area contributed by atoms with Crippen molar-refractivity contribution in [2.45, 2.75) is 51.9 Å². The lowest BCUT2D eigenvalue weighted by atomic mass is 10.1. The van der Waals surface area contributed by atoms with Gasteiger partial charge < -0.3 is 20.5 Å². The number of nitrogens with one attached hydrogen (secondary N) is 2. The first kappa shape index (κ1) is 16.4. The third-order valence-corrected chi connectivity index (χ3v) is 3.02. The number of aliphatic carboxylic acids is 1. The highest BCUT2D eigenvalue weighted by Gasteiger charge is 2.35. The third-order valence-electron chi connectivity index (χ3n) is 3.02. The zero-order valence-corrected chi connectivity index (χ0v) is 12.0. The average molecular weight is 286 g/mol. The number of carboxylic acid groups (broad SMARTS) is 1. The first-order valence-electron chi connectivity index (χ1n) is 6.77. The van der Waals surface area contributed by atoms with Crippen LogP contribution in [-0.2, 0) is 19.1 Å². The Morgan fingerprint density at radius 1 is 1.20 bits per heavy atom. The first-order chi connectivity index (χ1) is 9.31. The molecule has 1 rings (SSSR count). The second kappa shape index (κ2) is 7.23. The number of ether oxygens (including phenoxy) is 1. The van der Waals surface area contributed by atoms with Gasteiger partial charge in [-0.15, -0.1) is 0 Å². The van der Waals surface area contributed by atoms with Crippen molar-refractivity contribution in [2.75, 3.05) is 6.54 Å². The molecule has 3 N–H and O–H groups in total. The summed E-state index contributed by atoms with van der Waals surface area (Å²) in [5, 5.41) is 14.0. The van der Waals surface area contributed by atoms with Crippen LogP contribution in [-0.4, -0.2) is 47.7 Å². The van der Waals surface area contributed by atoms with E-state index in [4.69, 9.17) is 9.84 Å². The number of carboxylic acids is 1. The highest BCUT2D eigenvalue weighted by Crippen LogP contribution is 2.20. The van der Waals surface area contributed by atoms with Crippen LogP contribution >= 0.6 is 0 Å². The summed E-state index contributed by atoms with van der Waals surface area (Å²) in [6.45, 7) is 6.07. The van der Waals surface area contributed by atoms with Gasteiger partial charge in [0.15, 0.2) is 6.10 Å². The lowest BCUT2D eigenvalue weighted by Crippen LogP contribution is -2.48. The quantitative estimate of drug-likeness (QED) is 0.632. The highest BCUT2D eigenvalue weighted by atomic mass is 16.5. The SMILES string of the molecule is CC(C)CNC(=O)C(C)NC(=O)[C@@H]1CC[C@H](C(=O)O)O1. The largest absolute Gasteiger partial charge is 0.479 e. The van der Waals surface area contributed by atoms with Crippen molar-refractivity contribution >= 4 is 17.8 Å². The smallest absolute Gasteiger partial charge is 0.332 e. The average Bonchev–Trinajstić information content (AvgIpc) is 2.85. The van der Waals surface area contributed by atoms with E-state index in [1.54, 1.807) is 6.92 Å². The van der Waals surface area contributed by atoms with Crippen LogP contribution in [0.5, 0.6) is 0 Å². The number of hydrogen-bond donors (Lipinski definition) is 3. The first-order valence-corrected chi connectivity index (χ1v) is 6.77. The Kier molecular flexibility index (Phi) is 5.94. The van der Waals surface area contributed by atoms with E-state index < -0.39 is 30.1 Å². The number of carbonyl (C=O) groups is 3. The van der Waals surface area contributed by atoms with E-state index in [0.29, 0.717) is 25.3 Å². The molecule has 1 fully saturated rings. The molecule has 0 aromatic rings. The van der Waals surface area contributed by atoms with Crippen LogP contribution in [0.15, 0.2) is 0 Å². The summed E-state index contributed by atoms with van der Waals surface area (Å²) >= 11 is 0. The summed E-state index contributed by atoms with van der Waals surface area (Å²) in [7, 11) is 0. The molecule has 1 saturated heterocycles. The third kappa shape index (κ3) is 4.80. The van der Waals surface area contributed by atoms with E-state index in [-0.39, 0.29) is 5.91 Å². The number of rotatable bonds is 6. The Bertz CT molecular complexity index is 383. The molecule has 114 valence electrons. The molecule has 3 atom stereocenters. The minimum absolute atomic E-state index is 0.264. The second-order valence-corrected chi connectivity index (χ2v) is 5.40. The molecule has 0 aliphatic carbocycles. The Morgan fingerprint density at radius 3 is 2.30 bits per heavy atom. The van der Waals surface area contributed by atoms with Crippen molar-refractivity contribution in [2.24, 2.45) is 5.92 Å². The number of amides is 2. The summed E-state index contributed by atoms with van der Waals surface area (Å²) in [5.74, 6) is -1.44. The Morgan fingerprint density at radius 2 is 1.80 bits per heavy atom. The van der Waals surface area contributed by atoms with Crippen LogP contribution in [0.25, 0.3) is 0 Å². The number of hydrogen-bond acceptors (Lipinski definition) is 4. The minimum atomic E-state index is -1.07. The van der Waals surface area contributed by atoms with Gasteiger partial charge >= 0.3 is 5.97 Å². The van der Waals surface area contributed by atoms with Crippen LogP contribution in [0.2, 0.25) is 0 Å².